The summed E-state index contributed by atoms with van der Waals surface area (Å²) in [5.74, 6) is 2.23. The largest absolute Gasteiger partial charge is 0.496 e. The number of nitrogens with one attached hydrogen (secondary N) is 1. The van der Waals surface area contributed by atoms with Crippen LogP contribution >= 0.6 is 0 Å². The molecule has 1 saturated heterocycles. The Morgan fingerprint density at radius 3 is 2.74 bits per heavy atom. The normalized spacial score (nSPS) is 18.3. The van der Waals surface area contributed by atoms with Gasteiger partial charge in [-0.3, -0.25) is 10.2 Å². The Bertz CT molecular complexity index is 702. The van der Waals surface area contributed by atoms with Gasteiger partial charge in [0.2, 0.25) is 0 Å². The summed E-state index contributed by atoms with van der Waals surface area (Å²) in [7, 11) is 0. The number of nitrogens with zero attached hydrogens (tertiary/aromatic N) is 1. The van der Waals surface area contributed by atoms with E-state index in [9.17, 15) is 4.79 Å². The number of hydrogen-bond acceptors (Lipinski definition) is 4. The summed E-state index contributed by atoms with van der Waals surface area (Å²) in [5.41, 5.74) is 0.701. The molecule has 1 aromatic carbocycles. The molecule has 0 unspecified atom stereocenters. The number of carbonyl (C=O) groups excluding carboxylic acids is 1. The first-order valence-corrected chi connectivity index (χ1v) is 9.65. The van der Waals surface area contributed by atoms with Gasteiger partial charge < -0.3 is 9.47 Å². The Morgan fingerprint density at radius 2 is 1.96 bits per heavy atom. The van der Waals surface area contributed by atoms with Crippen LogP contribution in [0.3, 0.4) is 0 Å². The van der Waals surface area contributed by atoms with E-state index in [-0.39, 0.29) is 0 Å². The van der Waals surface area contributed by atoms with Crippen molar-refractivity contribution in [2.45, 2.75) is 26.2 Å². The number of anilines is 1. The van der Waals surface area contributed by atoms with E-state index < -0.39 is 6.09 Å². The zero-order valence-corrected chi connectivity index (χ0v) is 15.9. The zero-order valence-electron chi connectivity index (χ0n) is 15.9. The van der Waals surface area contributed by atoms with Crippen LogP contribution in [-0.4, -0.2) is 37.2 Å². The van der Waals surface area contributed by atoms with E-state index >= 15 is 0 Å². The fourth-order valence-electron chi connectivity index (χ4n) is 3.13. The molecule has 5 nitrogen and oxygen atoms in total. The van der Waals surface area contributed by atoms with E-state index in [2.05, 4.69) is 17.1 Å². The molecule has 3 rings (SSSR count). The summed E-state index contributed by atoms with van der Waals surface area (Å²) in [4.78, 5) is 14.4. The van der Waals surface area contributed by atoms with Crippen LogP contribution in [0.2, 0.25) is 0 Å². The summed E-state index contributed by atoms with van der Waals surface area (Å²) in [6.45, 7) is 6.30. The van der Waals surface area contributed by atoms with Crippen molar-refractivity contribution in [2.24, 2.45) is 5.92 Å². The van der Waals surface area contributed by atoms with Crippen molar-refractivity contribution in [1.82, 2.24) is 4.90 Å². The summed E-state index contributed by atoms with van der Waals surface area (Å²) >= 11 is 0. The molecule has 2 aliphatic rings. The third-order valence-corrected chi connectivity index (χ3v) is 4.84. The molecule has 144 valence electrons. The molecule has 5 heteroatoms. The van der Waals surface area contributed by atoms with Gasteiger partial charge in [-0.15, -0.1) is 0 Å². The molecule has 1 aliphatic heterocycles. The van der Waals surface area contributed by atoms with Gasteiger partial charge in [-0.1, -0.05) is 31.2 Å². The average molecular weight is 368 g/mol. The number of ether oxygens (including phenoxy) is 2. The van der Waals surface area contributed by atoms with Crippen LogP contribution in [0, 0.1) is 5.92 Å². The molecule has 1 aliphatic carbocycles. The molecule has 1 aromatic rings. The molecule has 0 spiro atoms. The summed E-state index contributed by atoms with van der Waals surface area (Å²) in [6, 6.07) is 9.24. The van der Waals surface area contributed by atoms with Crippen LogP contribution in [0.1, 0.15) is 26.2 Å². The quantitative estimate of drug-likeness (QED) is 0.790. The SMILES string of the molecule is CC1CCN(CCOC2=CC=C(OC(=O)Nc3ccccc3)C=CC2)CC1. The first-order chi connectivity index (χ1) is 13.2. The Hall–Kier alpha value is -2.53. The van der Waals surface area contributed by atoms with Gasteiger partial charge in [-0.05, 0) is 62.2 Å². The van der Waals surface area contributed by atoms with Crippen LogP contribution in [0.15, 0.2) is 66.2 Å². The second-order valence-electron chi connectivity index (χ2n) is 7.06. The van der Waals surface area contributed by atoms with Crippen molar-refractivity contribution in [3.63, 3.8) is 0 Å². The molecule has 1 heterocycles. The molecule has 1 amide bonds. The Labute approximate surface area is 161 Å². The second kappa shape index (κ2) is 9.97. The third-order valence-electron chi connectivity index (χ3n) is 4.84. The van der Waals surface area contributed by atoms with Gasteiger partial charge in [0, 0.05) is 18.7 Å². The van der Waals surface area contributed by atoms with E-state index in [0.717, 1.165) is 31.3 Å². The van der Waals surface area contributed by atoms with Crippen LogP contribution in [0.5, 0.6) is 0 Å². The van der Waals surface area contributed by atoms with E-state index in [0.29, 0.717) is 24.5 Å². The maximum Gasteiger partial charge on any atom is 0.417 e. The van der Waals surface area contributed by atoms with Crippen LogP contribution in [-0.2, 0) is 9.47 Å². The van der Waals surface area contributed by atoms with E-state index in [4.69, 9.17) is 9.47 Å². The molecule has 0 aromatic heterocycles. The maximum absolute atomic E-state index is 12.0. The number of amides is 1. The van der Waals surface area contributed by atoms with Gasteiger partial charge in [-0.25, -0.2) is 4.79 Å². The minimum absolute atomic E-state index is 0.493. The van der Waals surface area contributed by atoms with Crippen molar-refractivity contribution in [3.8, 4) is 0 Å². The topological polar surface area (TPSA) is 50.8 Å². The predicted octanol–water partition coefficient (Wildman–Crippen LogP) is 4.71. The monoisotopic (exact) mass is 368 g/mol. The number of likely N-dealkylation sites (tertiary alicyclic amines) is 1. The van der Waals surface area contributed by atoms with Crippen LogP contribution in [0.4, 0.5) is 10.5 Å². The number of carbonyl (C=O) groups is 1. The van der Waals surface area contributed by atoms with Gasteiger partial charge in [-0.2, -0.15) is 0 Å². The van der Waals surface area contributed by atoms with Crippen LogP contribution in [0.25, 0.3) is 0 Å². The fraction of sp³-hybridized carbons (Fsp3) is 0.409. The lowest BCUT2D eigenvalue weighted by molar-refractivity contribution is 0.128. The minimum Gasteiger partial charge on any atom is -0.496 e. The number of benzene rings is 1. The van der Waals surface area contributed by atoms with Crippen molar-refractivity contribution in [1.29, 1.82) is 0 Å². The number of allylic oxidation sites excluding steroid dienone is 4. The molecule has 27 heavy (non-hydrogen) atoms. The first kappa shape index (κ1) is 19.2. The van der Waals surface area contributed by atoms with Crippen molar-refractivity contribution < 1.29 is 14.3 Å². The fourth-order valence-corrected chi connectivity index (χ4v) is 3.13. The standard InChI is InChI=1S/C22H28N2O3/c1-18-12-14-24(15-13-18)16-17-26-20-8-5-9-21(11-10-20)27-22(25)23-19-6-3-2-4-7-19/h2-7,9-11,18H,8,12-17H2,1H3,(H,23,25). The molecule has 0 atom stereocenters. The van der Waals surface area contributed by atoms with Gasteiger partial charge in [0.1, 0.15) is 12.4 Å². The highest BCUT2D eigenvalue weighted by Crippen LogP contribution is 2.17. The molecule has 0 saturated carbocycles. The Morgan fingerprint density at radius 1 is 1.19 bits per heavy atom. The maximum atomic E-state index is 12.0. The Balaban J connectivity index is 1.43. The highest BCUT2D eigenvalue weighted by Gasteiger charge is 2.15. The smallest absolute Gasteiger partial charge is 0.417 e. The molecule has 0 radical (unpaired) electrons. The first-order valence-electron chi connectivity index (χ1n) is 9.65. The predicted molar refractivity (Wildman–Crippen MR) is 107 cm³/mol. The lowest BCUT2D eigenvalue weighted by Gasteiger charge is -2.30. The minimum atomic E-state index is -0.505. The summed E-state index contributed by atoms with van der Waals surface area (Å²) < 4.78 is 11.3. The summed E-state index contributed by atoms with van der Waals surface area (Å²) in [6.07, 6.45) is 10.1. The van der Waals surface area contributed by atoms with Gasteiger partial charge in [0.15, 0.2) is 0 Å². The lowest BCUT2D eigenvalue weighted by Crippen LogP contribution is -2.35. The average Bonchev–Trinajstić information content (AvgIpc) is 2.89. The van der Waals surface area contributed by atoms with Crippen molar-refractivity contribution >= 4 is 11.8 Å². The molecule has 1 N–H and O–H groups in total. The third kappa shape index (κ3) is 6.61. The van der Waals surface area contributed by atoms with Crippen LogP contribution < -0.4 is 5.32 Å². The van der Waals surface area contributed by atoms with E-state index in [1.165, 1.54) is 12.8 Å². The number of piperidine rings is 1. The highest BCUT2D eigenvalue weighted by atomic mass is 16.6. The number of hydrogen-bond donors (Lipinski definition) is 1. The molecular weight excluding hydrogens is 340 g/mol. The molecular formula is C22H28N2O3. The highest BCUT2D eigenvalue weighted by molar-refractivity contribution is 5.85. The zero-order chi connectivity index (χ0) is 18.9. The number of para-hydroxylation sites is 1. The van der Waals surface area contributed by atoms with E-state index in [1.807, 2.05) is 42.5 Å². The second-order valence-corrected chi connectivity index (χ2v) is 7.06. The van der Waals surface area contributed by atoms with Gasteiger partial charge in [0.25, 0.3) is 0 Å². The molecule has 0 bridgehead atoms. The lowest BCUT2D eigenvalue weighted by atomic mass is 9.99. The summed E-state index contributed by atoms with van der Waals surface area (Å²) in [5, 5.41) is 2.70. The van der Waals surface area contributed by atoms with Gasteiger partial charge >= 0.3 is 6.09 Å². The number of rotatable bonds is 6. The molecule has 1 fully saturated rings. The Kier molecular flexibility index (Phi) is 7.11. The van der Waals surface area contributed by atoms with Crippen molar-refractivity contribution in [3.05, 3.63) is 66.2 Å². The van der Waals surface area contributed by atoms with Gasteiger partial charge in [0.05, 0.1) is 5.76 Å². The van der Waals surface area contributed by atoms with E-state index in [1.54, 1.807) is 12.2 Å². The van der Waals surface area contributed by atoms with Crippen molar-refractivity contribution in [2.75, 3.05) is 31.6 Å².